The summed E-state index contributed by atoms with van der Waals surface area (Å²) in [5, 5.41) is 4.03. The average Bonchev–Trinajstić information content (AvgIpc) is 3.11. The number of nitrogens with zero attached hydrogens (tertiary/aromatic N) is 2. The number of piperidine rings is 1. The third-order valence-corrected chi connectivity index (χ3v) is 7.18. The van der Waals surface area contributed by atoms with E-state index in [4.69, 9.17) is 4.42 Å². The number of amides is 2. The molecule has 1 aliphatic heterocycles. The Morgan fingerprint density at radius 2 is 2.00 bits per heavy atom. The third-order valence-electron chi connectivity index (χ3n) is 5.30. The molecule has 1 N–H and O–H groups in total. The van der Waals surface area contributed by atoms with E-state index in [0.29, 0.717) is 25.9 Å². The first kappa shape index (κ1) is 19.7. The van der Waals surface area contributed by atoms with E-state index in [9.17, 15) is 13.2 Å². The van der Waals surface area contributed by atoms with E-state index in [1.54, 1.807) is 18.9 Å². The molecule has 148 valence electrons. The lowest BCUT2D eigenvalue weighted by molar-refractivity contribution is 0.178. The van der Waals surface area contributed by atoms with E-state index >= 15 is 0 Å². The molecule has 8 heteroatoms. The van der Waals surface area contributed by atoms with Crippen LogP contribution in [0.4, 0.5) is 4.79 Å². The van der Waals surface area contributed by atoms with Gasteiger partial charge in [0.1, 0.15) is 11.3 Å². The van der Waals surface area contributed by atoms with E-state index in [2.05, 4.69) is 5.32 Å². The second kappa shape index (κ2) is 7.90. The number of furan rings is 1. The Morgan fingerprint density at radius 3 is 2.63 bits per heavy atom. The summed E-state index contributed by atoms with van der Waals surface area (Å²) in [6.45, 7) is 4.47. The highest BCUT2D eigenvalue weighted by molar-refractivity contribution is 7.89. The van der Waals surface area contributed by atoms with Crippen molar-refractivity contribution in [3.05, 3.63) is 36.1 Å². The van der Waals surface area contributed by atoms with Gasteiger partial charge < -0.3 is 14.6 Å². The molecule has 1 aromatic heterocycles. The monoisotopic (exact) mass is 393 g/mol. The van der Waals surface area contributed by atoms with Crippen molar-refractivity contribution in [2.75, 3.05) is 25.9 Å². The van der Waals surface area contributed by atoms with Gasteiger partial charge >= 0.3 is 6.03 Å². The molecular weight excluding hydrogens is 366 g/mol. The van der Waals surface area contributed by atoms with Gasteiger partial charge in [-0.15, -0.1) is 0 Å². The lowest BCUT2D eigenvalue weighted by Gasteiger charge is -2.33. The topological polar surface area (TPSA) is 82.9 Å². The van der Waals surface area contributed by atoms with Gasteiger partial charge in [0.25, 0.3) is 0 Å². The third kappa shape index (κ3) is 4.27. The van der Waals surface area contributed by atoms with Crippen LogP contribution in [0.2, 0.25) is 0 Å². The zero-order valence-corrected chi connectivity index (χ0v) is 16.8. The van der Waals surface area contributed by atoms with Crippen molar-refractivity contribution < 1.29 is 17.6 Å². The van der Waals surface area contributed by atoms with Crippen LogP contribution in [0.1, 0.15) is 38.5 Å². The number of carbonyl (C=O) groups is 1. The van der Waals surface area contributed by atoms with E-state index in [-0.39, 0.29) is 23.9 Å². The highest BCUT2D eigenvalue weighted by Crippen LogP contribution is 2.26. The zero-order chi connectivity index (χ0) is 19.6. The van der Waals surface area contributed by atoms with Crippen molar-refractivity contribution in [2.45, 2.75) is 38.8 Å². The number of sulfonamides is 1. The molecule has 0 saturated carbocycles. The van der Waals surface area contributed by atoms with Gasteiger partial charge in [0.05, 0.1) is 11.8 Å². The summed E-state index contributed by atoms with van der Waals surface area (Å²) < 4.78 is 31.2. The molecule has 1 unspecified atom stereocenters. The summed E-state index contributed by atoms with van der Waals surface area (Å²) in [4.78, 5) is 14.2. The van der Waals surface area contributed by atoms with Crippen molar-refractivity contribution in [1.29, 1.82) is 0 Å². The van der Waals surface area contributed by atoms with Crippen molar-refractivity contribution in [2.24, 2.45) is 0 Å². The lowest BCUT2D eigenvalue weighted by Crippen LogP contribution is -2.50. The maximum atomic E-state index is 12.6. The molecule has 1 atom stereocenters. The van der Waals surface area contributed by atoms with Crippen LogP contribution in [0.15, 0.2) is 34.7 Å². The number of rotatable bonds is 5. The molecule has 3 rings (SSSR count). The maximum Gasteiger partial charge on any atom is 0.317 e. The Balaban J connectivity index is 1.58. The minimum Gasteiger partial charge on any atom is -0.459 e. The molecule has 0 spiro atoms. The van der Waals surface area contributed by atoms with E-state index in [0.717, 1.165) is 16.7 Å². The van der Waals surface area contributed by atoms with Crippen LogP contribution >= 0.6 is 0 Å². The summed E-state index contributed by atoms with van der Waals surface area (Å²) in [6, 6.07) is 9.30. The summed E-state index contributed by atoms with van der Waals surface area (Å²) in [6.07, 6.45) is 1.25. The lowest BCUT2D eigenvalue weighted by atomic mass is 10.1. The summed E-state index contributed by atoms with van der Waals surface area (Å²) in [7, 11) is -1.41. The van der Waals surface area contributed by atoms with Crippen LogP contribution in [0, 0.1) is 0 Å². The predicted molar refractivity (Wildman–Crippen MR) is 105 cm³/mol. The standard InChI is InChI=1S/C19H27N3O4S/c1-4-27(24,25)22-11-9-16(10-12-22)20-19(23)21(3)14(2)18-13-15-7-5-6-8-17(15)26-18/h5-8,13-14,16H,4,9-12H2,1-3H3,(H,20,23). The minimum atomic E-state index is -3.15. The fraction of sp³-hybridized carbons (Fsp3) is 0.526. The second-order valence-electron chi connectivity index (χ2n) is 7.00. The van der Waals surface area contributed by atoms with Crippen LogP contribution in [-0.4, -0.2) is 55.6 Å². The highest BCUT2D eigenvalue weighted by atomic mass is 32.2. The van der Waals surface area contributed by atoms with E-state index in [1.165, 1.54) is 4.31 Å². The Bertz CT molecular complexity index is 868. The zero-order valence-electron chi connectivity index (χ0n) is 16.0. The molecule has 1 aliphatic rings. The number of para-hydroxylation sites is 1. The van der Waals surface area contributed by atoms with Crippen molar-refractivity contribution in [3.63, 3.8) is 0 Å². The van der Waals surface area contributed by atoms with E-state index < -0.39 is 10.0 Å². The molecule has 27 heavy (non-hydrogen) atoms. The van der Waals surface area contributed by atoms with Crippen LogP contribution in [-0.2, 0) is 10.0 Å². The Morgan fingerprint density at radius 1 is 1.33 bits per heavy atom. The molecule has 2 amide bonds. The molecule has 0 aliphatic carbocycles. The Kier molecular flexibility index (Phi) is 5.76. The first-order valence-electron chi connectivity index (χ1n) is 9.31. The summed E-state index contributed by atoms with van der Waals surface area (Å²) >= 11 is 0. The largest absolute Gasteiger partial charge is 0.459 e. The van der Waals surface area contributed by atoms with Crippen LogP contribution in [0.3, 0.4) is 0 Å². The molecule has 7 nitrogen and oxygen atoms in total. The van der Waals surface area contributed by atoms with Gasteiger partial charge in [0.15, 0.2) is 0 Å². The first-order valence-corrected chi connectivity index (χ1v) is 10.9. The van der Waals surface area contributed by atoms with Gasteiger partial charge in [-0.05, 0) is 38.8 Å². The van der Waals surface area contributed by atoms with Crippen molar-refractivity contribution >= 4 is 27.0 Å². The summed E-state index contributed by atoms with van der Waals surface area (Å²) in [5.74, 6) is 0.847. The van der Waals surface area contributed by atoms with Crippen molar-refractivity contribution in [1.82, 2.24) is 14.5 Å². The molecule has 1 fully saturated rings. The normalized spacial score (nSPS) is 17.7. The number of urea groups is 1. The molecule has 0 radical (unpaired) electrons. The SMILES string of the molecule is CCS(=O)(=O)N1CCC(NC(=O)N(C)C(C)c2cc3ccccc3o2)CC1. The Hall–Kier alpha value is -2.06. The number of hydrogen-bond acceptors (Lipinski definition) is 4. The smallest absolute Gasteiger partial charge is 0.317 e. The number of carbonyl (C=O) groups excluding carboxylic acids is 1. The molecular formula is C19H27N3O4S. The second-order valence-corrected chi connectivity index (χ2v) is 9.25. The average molecular weight is 394 g/mol. The first-order chi connectivity index (χ1) is 12.8. The number of benzene rings is 1. The van der Waals surface area contributed by atoms with Crippen molar-refractivity contribution in [3.8, 4) is 0 Å². The van der Waals surface area contributed by atoms with E-state index in [1.807, 2.05) is 37.3 Å². The van der Waals surface area contributed by atoms with Crippen LogP contribution in [0.5, 0.6) is 0 Å². The van der Waals surface area contributed by atoms with Crippen LogP contribution in [0.25, 0.3) is 11.0 Å². The van der Waals surface area contributed by atoms with Gasteiger partial charge in [0, 0.05) is 31.6 Å². The number of nitrogens with one attached hydrogen (secondary N) is 1. The fourth-order valence-corrected chi connectivity index (χ4v) is 4.44. The van der Waals surface area contributed by atoms with Gasteiger partial charge in [-0.3, -0.25) is 0 Å². The maximum absolute atomic E-state index is 12.6. The van der Waals surface area contributed by atoms with Gasteiger partial charge in [0.2, 0.25) is 10.0 Å². The molecule has 1 saturated heterocycles. The molecule has 0 bridgehead atoms. The highest BCUT2D eigenvalue weighted by Gasteiger charge is 2.29. The predicted octanol–water partition coefficient (Wildman–Crippen LogP) is 2.95. The van der Waals surface area contributed by atoms with Crippen LogP contribution < -0.4 is 5.32 Å². The number of fused-ring (bicyclic) bond motifs is 1. The number of hydrogen-bond donors (Lipinski definition) is 1. The van der Waals surface area contributed by atoms with Gasteiger partial charge in [-0.2, -0.15) is 0 Å². The van der Waals surface area contributed by atoms with Gasteiger partial charge in [-0.25, -0.2) is 17.5 Å². The quantitative estimate of drug-likeness (QED) is 0.847. The fourth-order valence-electron chi connectivity index (χ4n) is 3.31. The minimum absolute atomic E-state index is 0.0221. The molecule has 1 aromatic carbocycles. The molecule has 2 aromatic rings. The Labute approximate surface area is 160 Å². The summed E-state index contributed by atoms with van der Waals surface area (Å²) in [5.41, 5.74) is 0.803. The molecule has 2 heterocycles. The van der Waals surface area contributed by atoms with Gasteiger partial charge in [-0.1, -0.05) is 18.2 Å².